The summed E-state index contributed by atoms with van der Waals surface area (Å²) in [5, 5.41) is 12.8. The van der Waals surface area contributed by atoms with Gasteiger partial charge in [0, 0.05) is 35.2 Å². The van der Waals surface area contributed by atoms with Crippen LogP contribution in [-0.2, 0) is 17.9 Å². The molecule has 0 spiro atoms. The van der Waals surface area contributed by atoms with Gasteiger partial charge in [-0.15, -0.1) is 0 Å². The van der Waals surface area contributed by atoms with E-state index in [1.165, 1.54) is 0 Å². The summed E-state index contributed by atoms with van der Waals surface area (Å²) in [6.45, 7) is 0.208. The first-order valence-electron chi connectivity index (χ1n) is 9.78. The number of ketones is 1. The number of hydrogen-bond acceptors (Lipinski definition) is 4. The summed E-state index contributed by atoms with van der Waals surface area (Å²) in [6, 6.07) is 19.5. The number of nitrogens with two attached hydrogens (primary N) is 1. The van der Waals surface area contributed by atoms with Crippen molar-refractivity contribution in [2.75, 3.05) is 5.01 Å². The molecule has 2 aromatic heterocycles. The summed E-state index contributed by atoms with van der Waals surface area (Å²) in [5.41, 5.74) is 0.668. The number of amides is 1. The number of phenolic OH excluding ortho intramolecular Hbond substituents is 1. The lowest BCUT2D eigenvalue weighted by Crippen LogP contribution is -3.00. The number of benzene rings is 2. The van der Waals surface area contributed by atoms with E-state index in [4.69, 9.17) is 5.84 Å². The van der Waals surface area contributed by atoms with Crippen molar-refractivity contribution in [3.05, 3.63) is 97.1 Å². The molecule has 9 heteroatoms. The van der Waals surface area contributed by atoms with E-state index in [1.54, 1.807) is 51.9 Å². The van der Waals surface area contributed by atoms with Gasteiger partial charge in [0.25, 0.3) is 0 Å². The highest BCUT2D eigenvalue weighted by atomic mass is 35.5. The van der Waals surface area contributed by atoms with E-state index >= 15 is 0 Å². The Balaban J connectivity index is 0.00000193. The topological polar surface area (TPSA) is 91.4 Å². The zero-order valence-electron chi connectivity index (χ0n) is 17.5. The highest BCUT2D eigenvalue weighted by Crippen LogP contribution is 2.35. The van der Waals surface area contributed by atoms with E-state index in [9.17, 15) is 14.7 Å². The van der Waals surface area contributed by atoms with Gasteiger partial charge < -0.3 is 29.9 Å². The second-order valence-electron chi connectivity index (χ2n) is 7.12. The van der Waals surface area contributed by atoms with Crippen LogP contribution < -0.4 is 44.8 Å². The predicted molar refractivity (Wildman–Crippen MR) is 115 cm³/mol. The minimum absolute atomic E-state index is 0. The first-order valence-corrected chi connectivity index (χ1v) is 9.78. The number of aromatic hydroxyl groups is 1. The van der Waals surface area contributed by atoms with E-state index in [-0.39, 0.29) is 55.1 Å². The van der Waals surface area contributed by atoms with Crippen LogP contribution in [0.15, 0.2) is 91.5 Å². The minimum Gasteiger partial charge on any atom is -1.00 e. The molecule has 33 heavy (non-hydrogen) atoms. The monoisotopic (exact) mass is 484 g/mol. The normalized spacial score (nSPS) is 10.1. The number of Topliss-reactive ketones (excluding diaryl/α,β-unsaturated/α-hetero) is 1. The number of aromatic nitrogens is 2. The van der Waals surface area contributed by atoms with E-state index in [0.29, 0.717) is 16.3 Å². The smallest absolute Gasteiger partial charge is 0.307 e. The van der Waals surface area contributed by atoms with Gasteiger partial charge in [-0.2, -0.15) is 9.13 Å². The van der Waals surface area contributed by atoms with E-state index < -0.39 is 5.91 Å². The molecule has 0 aliphatic carbocycles. The fourth-order valence-corrected chi connectivity index (χ4v) is 3.47. The average molecular weight is 485 g/mol. The Hall–Kier alpha value is -3.52. The summed E-state index contributed by atoms with van der Waals surface area (Å²) in [6.07, 6.45) is 7.16. The van der Waals surface area contributed by atoms with Gasteiger partial charge in [0.05, 0.1) is 0 Å². The Morgan fingerprint density at radius 3 is 1.94 bits per heavy atom. The highest BCUT2D eigenvalue weighted by Gasteiger charge is 2.22. The summed E-state index contributed by atoms with van der Waals surface area (Å²) in [5.74, 6) is 5.40. The van der Waals surface area contributed by atoms with Gasteiger partial charge in [0.1, 0.15) is 11.4 Å². The van der Waals surface area contributed by atoms with Crippen molar-refractivity contribution in [3.8, 4) is 5.75 Å². The average Bonchev–Trinajstić information content (AvgIpc) is 2.80. The Morgan fingerprint density at radius 2 is 1.33 bits per heavy atom. The van der Waals surface area contributed by atoms with Gasteiger partial charge in [-0.05, 0) is 11.5 Å². The Kier molecular flexibility index (Phi) is 8.87. The zero-order chi connectivity index (χ0) is 21.8. The largest absolute Gasteiger partial charge is 1.00 e. The van der Waals surface area contributed by atoms with Crippen molar-refractivity contribution >= 4 is 28.2 Å². The van der Waals surface area contributed by atoms with Crippen molar-refractivity contribution in [1.82, 2.24) is 0 Å². The molecular weight excluding hydrogens is 463 g/mol. The number of hydrogen-bond donors (Lipinski definition) is 2. The van der Waals surface area contributed by atoms with Crippen LogP contribution in [0.25, 0.3) is 10.8 Å². The van der Waals surface area contributed by atoms with Crippen LogP contribution in [0.5, 0.6) is 5.75 Å². The van der Waals surface area contributed by atoms with Crippen LogP contribution in [0.2, 0.25) is 0 Å². The molecule has 0 aliphatic heterocycles. The van der Waals surface area contributed by atoms with Crippen molar-refractivity contribution in [2.45, 2.75) is 13.1 Å². The fourth-order valence-electron chi connectivity index (χ4n) is 3.47. The summed E-state index contributed by atoms with van der Waals surface area (Å²) >= 11 is 0. The minimum atomic E-state index is -0.390. The van der Waals surface area contributed by atoms with Crippen LogP contribution in [0.3, 0.4) is 0 Å². The van der Waals surface area contributed by atoms with E-state index in [2.05, 4.69) is 0 Å². The van der Waals surface area contributed by atoms with Crippen LogP contribution in [0, 0.1) is 0 Å². The second kappa shape index (κ2) is 11.4. The molecule has 0 aliphatic rings. The molecule has 0 saturated carbocycles. The van der Waals surface area contributed by atoms with Crippen molar-refractivity contribution in [3.63, 3.8) is 0 Å². The molecule has 4 aromatic rings. The highest BCUT2D eigenvalue weighted by molar-refractivity contribution is 6.10. The SMILES string of the molecule is NN(C(=O)C[n+]1ccccc1)c1ccc2c(C(=O)C[n+]3ccccc3)cccc2c1O.[Cl-].[Cl-]. The quantitative estimate of drug-likeness (QED) is 0.0956. The number of fused-ring (bicyclic) bond motifs is 1. The maximum Gasteiger partial charge on any atom is 0.307 e. The van der Waals surface area contributed by atoms with Gasteiger partial charge in [-0.1, -0.05) is 36.4 Å². The maximum atomic E-state index is 12.9. The van der Waals surface area contributed by atoms with Gasteiger partial charge >= 0.3 is 5.91 Å². The number of rotatable bonds is 6. The molecule has 2 aromatic carbocycles. The zero-order valence-corrected chi connectivity index (χ0v) is 19.0. The fraction of sp³-hybridized carbons (Fsp3) is 0.0833. The first kappa shape index (κ1) is 25.7. The third-order valence-electron chi connectivity index (χ3n) is 5.04. The lowest BCUT2D eigenvalue weighted by molar-refractivity contribution is -0.684. The number of pyridine rings is 2. The summed E-state index contributed by atoms with van der Waals surface area (Å²) in [4.78, 5) is 25.5. The van der Waals surface area contributed by atoms with E-state index in [1.807, 2.05) is 48.8 Å². The number of phenols is 1. The Morgan fingerprint density at radius 1 is 0.758 bits per heavy atom. The molecule has 7 nitrogen and oxygen atoms in total. The van der Waals surface area contributed by atoms with Crippen molar-refractivity contribution in [1.29, 1.82) is 0 Å². The molecular formula is C24H22Cl2N4O3. The molecule has 0 saturated heterocycles. The van der Waals surface area contributed by atoms with Crippen molar-refractivity contribution in [2.24, 2.45) is 5.84 Å². The third kappa shape index (κ3) is 5.64. The third-order valence-corrected chi connectivity index (χ3v) is 5.04. The molecule has 4 rings (SSSR count). The number of hydrazine groups is 1. The lowest BCUT2D eigenvalue weighted by atomic mass is 9.99. The standard InChI is InChI=1S/C24H21N4O3.2ClH/c25-28(23(30)17-27-14-5-2-6-15-27)21-11-10-18-19(8-7-9-20(18)24(21)31)22(29)16-26-12-3-1-4-13-26;;/h1-15H,16-17,25H2;2*1H/q+1;;/p-1. The maximum absolute atomic E-state index is 12.9. The van der Waals surface area contributed by atoms with Gasteiger partial charge in [-0.3, -0.25) is 9.59 Å². The number of halogens is 2. The molecule has 0 unspecified atom stereocenters. The molecule has 3 N–H and O–H groups in total. The van der Waals surface area contributed by atoms with Gasteiger partial charge in [-0.25, -0.2) is 10.9 Å². The molecule has 1 amide bonds. The predicted octanol–water partition coefficient (Wildman–Crippen LogP) is -4.08. The molecule has 0 bridgehead atoms. The van der Waals surface area contributed by atoms with Crippen molar-refractivity contribution < 1.29 is 48.6 Å². The van der Waals surface area contributed by atoms with Crippen LogP contribution in [0.4, 0.5) is 5.69 Å². The first-order chi connectivity index (χ1) is 15.0. The molecule has 0 fully saturated rings. The number of anilines is 1. The second-order valence-corrected chi connectivity index (χ2v) is 7.12. The molecule has 170 valence electrons. The molecule has 2 heterocycles. The summed E-state index contributed by atoms with van der Waals surface area (Å²) < 4.78 is 3.48. The Bertz CT molecular complexity index is 1250. The number of carbonyl (C=O) groups excluding carboxylic acids is 2. The molecule has 0 radical (unpaired) electrons. The van der Waals surface area contributed by atoms with E-state index in [0.717, 1.165) is 5.01 Å². The Labute approximate surface area is 203 Å². The van der Waals surface area contributed by atoms with Crippen LogP contribution >= 0.6 is 0 Å². The van der Waals surface area contributed by atoms with Gasteiger partial charge in [0.2, 0.25) is 18.9 Å². The number of nitrogens with zero attached hydrogens (tertiary/aromatic N) is 3. The molecule has 0 atom stereocenters. The lowest BCUT2D eigenvalue weighted by Gasteiger charge is -2.18. The summed E-state index contributed by atoms with van der Waals surface area (Å²) in [7, 11) is 0. The van der Waals surface area contributed by atoms with Crippen LogP contribution in [0.1, 0.15) is 10.4 Å². The number of carbonyl (C=O) groups is 2. The van der Waals surface area contributed by atoms with Crippen LogP contribution in [-0.4, -0.2) is 16.8 Å². The van der Waals surface area contributed by atoms with Gasteiger partial charge in [0.15, 0.2) is 24.8 Å².